The summed E-state index contributed by atoms with van der Waals surface area (Å²) in [5.41, 5.74) is 0. The highest BCUT2D eigenvalue weighted by Gasteiger charge is 2.18. The van der Waals surface area contributed by atoms with Crippen LogP contribution in [0.25, 0.3) is 0 Å². The monoisotopic (exact) mass is 1260 g/mol. The summed E-state index contributed by atoms with van der Waals surface area (Å²) in [6.07, 6.45) is 104. The minimum atomic E-state index is -0.843. The van der Waals surface area contributed by atoms with Gasteiger partial charge in [-0.2, -0.15) is 0 Å². The molecule has 0 heterocycles. The van der Waals surface area contributed by atoms with Gasteiger partial charge >= 0.3 is 5.97 Å². The highest BCUT2D eigenvalue weighted by molar-refractivity contribution is 5.76. The Kier molecular flexibility index (Phi) is 77.8. The maximum atomic E-state index is 12.5. The number of hydrogen-bond acceptors (Lipinski definition) is 5. The standard InChI is InChI=1S/C84H161NO5/c1-3-5-7-9-11-13-15-17-19-20-42-45-49-52-56-60-64-68-72-76-82(87)81(80-86)85-83(88)77-73-69-65-61-57-53-50-46-43-40-38-36-34-32-30-28-26-24-22-21-23-25-27-29-31-33-35-37-39-41-44-47-51-55-59-63-67-71-75-79-90-84(89)78-74-70-66-62-58-54-48-18-16-14-12-10-8-6-4-2/h21-22,25,27,72,76,81-82,86-87H,3-20,23-24,26,28-71,73-75,77-80H2,1-2H3,(H,85,88)/b22-21-,27-25-,76-72+. The molecule has 90 heavy (non-hydrogen) atoms. The SMILES string of the molecule is CCCCCCCCCCCCCCCCCCC/C=C/C(O)C(CO)NC(=O)CCCCCCCCCCCCCCCCCCC/C=C\C/C=C\CCCCCCCCCCCCCCCCCOC(=O)CCCCCCCCCCCCCCCCC. The Balaban J connectivity index is 3.36. The summed E-state index contributed by atoms with van der Waals surface area (Å²) < 4.78 is 5.51. The summed E-state index contributed by atoms with van der Waals surface area (Å²) in [4.78, 5) is 24.6. The van der Waals surface area contributed by atoms with E-state index in [9.17, 15) is 19.8 Å². The number of aliphatic hydroxyl groups excluding tert-OH is 2. The molecule has 0 bridgehead atoms. The molecule has 0 radical (unpaired) electrons. The summed E-state index contributed by atoms with van der Waals surface area (Å²) in [5.74, 6) is -0.0369. The van der Waals surface area contributed by atoms with Crippen LogP contribution in [-0.2, 0) is 14.3 Å². The third-order valence-corrected chi connectivity index (χ3v) is 19.4. The molecule has 0 aromatic rings. The second-order valence-electron chi connectivity index (χ2n) is 28.5. The lowest BCUT2D eigenvalue weighted by Crippen LogP contribution is -2.45. The average molecular weight is 1270 g/mol. The van der Waals surface area contributed by atoms with Crippen molar-refractivity contribution >= 4 is 11.9 Å². The van der Waals surface area contributed by atoms with Crippen molar-refractivity contribution in [2.45, 2.75) is 475 Å². The second-order valence-corrected chi connectivity index (χ2v) is 28.5. The molecule has 6 nitrogen and oxygen atoms in total. The van der Waals surface area contributed by atoms with E-state index < -0.39 is 12.1 Å². The van der Waals surface area contributed by atoms with Crippen molar-refractivity contribution in [3.05, 3.63) is 36.5 Å². The molecular formula is C84H161NO5. The molecule has 0 fully saturated rings. The first-order valence-electron chi connectivity index (χ1n) is 41.3. The molecule has 3 N–H and O–H groups in total. The van der Waals surface area contributed by atoms with Crippen LogP contribution >= 0.6 is 0 Å². The van der Waals surface area contributed by atoms with Crippen molar-refractivity contribution in [3.8, 4) is 0 Å². The number of allylic oxidation sites excluding steroid dienone is 5. The average Bonchev–Trinajstić information content (AvgIpc) is 3.72. The topological polar surface area (TPSA) is 95.9 Å². The van der Waals surface area contributed by atoms with Gasteiger partial charge in [-0.15, -0.1) is 0 Å². The molecule has 532 valence electrons. The second kappa shape index (κ2) is 79.5. The zero-order chi connectivity index (χ0) is 64.9. The van der Waals surface area contributed by atoms with Crippen LogP contribution in [0.2, 0.25) is 0 Å². The third kappa shape index (κ3) is 75.1. The van der Waals surface area contributed by atoms with Gasteiger partial charge in [-0.05, 0) is 64.2 Å². The van der Waals surface area contributed by atoms with E-state index in [1.165, 1.54) is 392 Å². The van der Waals surface area contributed by atoms with Crippen molar-refractivity contribution in [3.63, 3.8) is 0 Å². The summed E-state index contributed by atoms with van der Waals surface area (Å²) in [7, 11) is 0. The fraction of sp³-hybridized carbons (Fsp3) is 0.905. The molecular weight excluding hydrogens is 1100 g/mol. The summed E-state index contributed by atoms with van der Waals surface area (Å²) in [6, 6.07) is -0.626. The summed E-state index contributed by atoms with van der Waals surface area (Å²) >= 11 is 0. The Bertz CT molecular complexity index is 1460. The molecule has 2 atom stereocenters. The van der Waals surface area contributed by atoms with Gasteiger partial charge in [-0.1, -0.05) is 423 Å². The zero-order valence-corrected chi connectivity index (χ0v) is 61.1. The molecule has 0 saturated carbocycles. The molecule has 1 amide bonds. The van der Waals surface area contributed by atoms with Crippen molar-refractivity contribution in [2.24, 2.45) is 0 Å². The molecule has 0 aliphatic rings. The number of aliphatic hydroxyl groups is 2. The van der Waals surface area contributed by atoms with Crippen LogP contribution in [0.3, 0.4) is 0 Å². The molecule has 6 heteroatoms. The normalized spacial score (nSPS) is 12.6. The molecule has 0 aliphatic heterocycles. The van der Waals surface area contributed by atoms with E-state index in [0.29, 0.717) is 19.4 Å². The minimum absolute atomic E-state index is 0.0239. The fourth-order valence-electron chi connectivity index (χ4n) is 13.1. The van der Waals surface area contributed by atoms with Crippen molar-refractivity contribution in [2.75, 3.05) is 13.2 Å². The van der Waals surface area contributed by atoms with Gasteiger partial charge in [-0.3, -0.25) is 9.59 Å². The zero-order valence-electron chi connectivity index (χ0n) is 61.1. The van der Waals surface area contributed by atoms with Crippen LogP contribution in [0, 0.1) is 0 Å². The quantitative estimate of drug-likeness (QED) is 0.0320. The van der Waals surface area contributed by atoms with E-state index in [2.05, 4.69) is 43.5 Å². The van der Waals surface area contributed by atoms with E-state index in [4.69, 9.17) is 4.74 Å². The van der Waals surface area contributed by atoms with Gasteiger partial charge in [0, 0.05) is 12.8 Å². The lowest BCUT2D eigenvalue weighted by Gasteiger charge is -2.20. The van der Waals surface area contributed by atoms with Crippen LogP contribution in [0.5, 0.6) is 0 Å². The molecule has 0 aromatic carbocycles. The summed E-state index contributed by atoms with van der Waals surface area (Å²) in [5, 5.41) is 23.3. The van der Waals surface area contributed by atoms with Gasteiger partial charge in [0.05, 0.1) is 25.4 Å². The van der Waals surface area contributed by atoms with Crippen LogP contribution in [0.4, 0.5) is 0 Å². The number of nitrogens with one attached hydrogen (secondary N) is 1. The Labute approximate surface area is 564 Å². The number of carbonyl (C=O) groups is 2. The Morgan fingerprint density at radius 1 is 0.311 bits per heavy atom. The van der Waals surface area contributed by atoms with E-state index in [1.54, 1.807) is 6.08 Å². The van der Waals surface area contributed by atoms with Gasteiger partial charge < -0.3 is 20.3 Å². The molecule has 0 spiro atoms. The van der Waals surface area contributed by atoms with Crippen molar-refractivity contribution in [1.82, 2.24) is 5.32 Å². The Hall–Kier alpha value is -1.92. The first-order chi connectivity index (χ1) is 44.5. The van der Waals surface area contributed by atoms with E-state index in [-0.39, 0.29) is 18.5 Å². The van der Waals surface area contributed by atoms with Crippen molar-refractivity contribution in [1.29, 1.82) is 0 Å². The van der Waals surface area contributed by atoms with E-state index >= 15 is 0 Å². The maximum Gasteiger partial charge on any atom is 0.305 e. The molecule has 0 aliphatic carbocycles. The van der Waals surface area contributed by atoms with Gasteiger partial charge in [0.1, 0.15) is 0 Å². The van der Waals surface area contributed by atoms with Crippen LogP contribution in [0.1, 0.15) is 463 Å². The number of ether oxygens (including phenoxy) is 1. The van der Waals surface area contributed by atoms with Gasteiger partial charge in [0.15, 0.2) is 0 Å². The third-order valence-electron chi connectivity index (χ3n) is 19.4. The summed E-state index contributed by atoms with van der Waals surface area (Å²) in [6.45, 7) is 4.96. The van der Waals surface area contributed by atoms with E-state index in [1.807, 2.05) is 6.08 Å². The van der Waals surface area contributed by atoms with Gasteiger partial charge in [0.2, 0.25) is 5.91 Å². The molecule has 0 saturated heterocycles. The predicted octanol–water partition coefficient (Wildman–Crippen LogP) is 27.4. The minimum Gasteiger partial charge on any atom is -0.466 e. The maximum absolute atomic E-state index is 12.5. The number of amides is 1. The first kappa shape index (κ1) is 88.1. The van der Waals surface area contributed by atoms with E-state index in [0.717, 1.165) is 44.9 Å². The smallest absolute Gasteiger partial charge is 0.305 e. The van der Waals surface area contributed by atoms with Crippen LogP contribution < -0.4 is 5.32 Å². The number of carbonyl (C=O) groups excluding carboxylic acids is 2. The molecule has 0 aromatic heterocycles. The number of hydrogen-bond donors (Lipinski definition) is 3. The number of esters is 1. The number of unbranched alkanes of at least 4 members (excludes halogenated alkanes) is 63. The fourth-order valence-corrected chi connectivity index (χ4v) is 13.1. The first-order valence-corrected chi connectivity index (χ1v) is 41.3. The highest BCUT2D eigenvalue weighted by atomic mass is 16.5. The lowest BCUT2D eigenvalue weighted by atomic mass is 10.0. The van der Waals surface area contributed by atoms with Crippen LogP contribution in [0.15, 0.2) is 36.5 Å². The molecule has 2 unspecified atom stereocenters. The van der Waals surface area contributed by atoms with Crippen LogP contribution in [-0.4, -0.2) is 47.4 Å². The lowest BCUT2D eigenvalue weighted by molar-refractivity contribution is -0.143. The van der Waals surface area contributed by atoms with Crippen molar-refractivity contribution < 1.29 is 24.5 Å². The Morgan fingerprint density at radius 2 is 0.556 bits per heavy atom. The highest BCUT2D eigenvalue weighted by Crippen LogP contribution is 2.20. The molecule has 0 rings (SSSR count). The predicted molar refractivity (Wildman–Crippen MR) is 398 cm³/mol. The van der Waals surface area contributed by atoms with Gasteiger partial charge in [0.25, 0.3) is 0 Å². The van der Waals surface area contributed by atoms with Gasteiger partial charge in [-0.25, -0.2) is 0 Å². The Morgan fingerprint density at radius 3 is 0.844 bits per heavy atom. The number of rotatable bonds is 78. The largest absolute Gasteiger partial charge is 0.466 e.